The van der Waals surface area contributed by atoms with Crippen molar-refractivity contribution in [3.8, 4) is 11.1 Å². The first-order chi connectivity index (χ1) is 22.7. The predicted molar refractivity (Wildman–Crippen MR) is 183 cm³/mol. The van der Waals surface area contributed by atoms with Gasteiger partial charge in [0.1, 0.15) is 12.7 Å². The van der Waals surface area contributed by atoms with Gasteiger partial charge in [-0.05, 0) is 62.5 Å². The molecule has 3 aliphatic rings. The molecule has 0 spiro atoms. The van der Waals surface area contributed by atoms with Gasteiger partial charge in [-0.25, -0.2) is 4.79 Å². The average Bonchev–Trinajstić information content (AvgIpc) is 3.73. The van der Waals surface area contributed by atoms with Crippen LogP contribution in [0.3, 0.4) is 0 Å². The molecule has 3 heterocycles. The molecule has 4 aromatic carbocycles. The Bertz CT molecular complexity index is 1760. The van der Waals surface area contributed by atoms with Gasteiger partial charge in [0, 0.05) is 56.0 Å². The van der Waals surface area contributed by atoms with E-state index < -0.39 is 0 Å². The van der Waals surface area contributed by atoms with Crippen molar-refractivity contribution in [3.63, 3.8) is 0 Å². The fourth-order valence-electron chi connectivity index (χ4n) is 7.41. The Morgan fingerprint density at radius 2 is 1.39 bits per heavy atom. The maximum absolute atomic E-state index is 13.0. The third-order valence-corrected chi connectivity index (χ3v) is 10.9. The minimum atomic E-state index is -0.268. The van der Waals surface area contributed by atoms with Crippen LogP contribution in [0.5, 0.6) is 0 Å². The zero-order valence-corrected chi connectivity index (χ0v) is 26.7. The molecular weight excluding hydrogens is 589 g/mol. The molecule has 1 aliphatic carbocycles. The first-order valence-corrected chi connectivity index (χ1v) is 17.2. The number of hydrogen-bond donors (Lipinski definition) is 0. The van der Waals surface area contributed by atoms with Gasteiger partial charge in [0.25, 0.3) is 0 Å². The lowest BCUT2D eigenvalue weighted by Gasteiger charge is -2.38. The van der Waals surface area contributed by atoms with E-state index >= 15 is 0 Å². The van der Waals surface area contributed by atoms with Crippen LogP contribution in [0, 0.1) is 0 Å². The van der Waals surface area contributed by atoms with E-state index in [1.165, 1.54) is 43.8 Å². The number of carbonyl (C=O) groups excluding carboxylic acids is 1. The van der Waals surface area contributed by atoms with Crippen molar-refractivity contribution in [2.24, 2.45) is 0 Å². The van der Waals surface area contributed by atoms with Gasteiger partial charge in [0.15, 0.2) is 0 Å². The van der Waals surface area contributed by atoms with Crippen LogP contribution in [-0.2, 0) is 16.0 Å². The molecular formula is C40H38N2O3S. The van der Waals surface area contributed by atoms with Gasteiger partial charge in [-0.15, -0.1) is 11.3 Å². The molecule has 5 nitrogen and oxygen atoms in total. The summed E-state index contributed by atoms with van der Waals surface area (Å²) in [5.74, 6) is 0.125. The normalized spacial score (nSPS) is 19.7. The predicted octanol–water partition coefficient (Wildman–Crippen LogP) is 7.74. The number of fused-ring (bicyclic) bond motifs is 4. The Labute approximate surface area is 275 Å². The van der Waals surface area contributed by atoms with Crippen LogP contribution < -0.4 is 0 Å². The van der Waals surface area contributed by atoms with Crippen LogP contribution in [0.4, 0.5) is 0 Å². The molecule has 1 saturated heterocycles. The Balaban J connectivity index is 0.826. The summed E-state index contributed by atoms with van der Waals surface area (Å²) >= 11 is 1.83. The summed E-state index contributed by atoms with van der Waals surface area (Å²) in [7, 11) is 0. The molecule has 0 N–H and O–H groups in total. The second-order valence-electron chi connectivity index (χ2n) is 12.6. The van der Waals surface area contributed by atoms with Gasteiger partial charge in [-0.3, -0.25) is 9.80 Å². The highest BCUT2D eigenvalue weighted by atomic mass is 32.1. The standard InChI is InChI=1S/C40H38N2O3S/c43-40(45-27-37-33-12-6-4-10-31(33)32-11-5-7-13-34(32)37)30-16-14-28(15-17-30)24-41-19-21-42(22-20-41)25-38-39-35(18-23-46-39)36(26-44-38)29-8-2-1-3-9-29/h1-18,23,36-38H,19-22,24-27H2. The molecule has 0 saturated carbocycles. The molecule has 1 aromatic heterocycles. The summed E-state index contributed by atoms with van der Waals surface area (Å²) in [6.45, 7) is 7.00. The zero-order chi connectivity index (χ0) is 30.9. The summed E-state index contributed by atoms with van der Waals surface area (Å²) < 4.78 is 12.4. The highest BCUT2D eigenvalue weighted by Crippen LogP contribution is 2.45. The highest BCUT2D eigenvalue weighted by Gasteiger charge is 2.32. The molecule has 5 aromatic rings. The van der Waals surface area contributed by atoms with Gasteiger partial charge in [0.2, 0.25) is 0 Å². The zero-order valence-electron chi connectivity index (χ0n) is 25.9. The number of esters is 1. The smallest absolute Gasteiger partial charge is 0.338 e. The van der Waals surface area contributed by atoms with Crippen molar-refractivity contribution < 1.29 is 14.3 Å². The molecule has 0 bridgehead atoms. The van der Waals surface area contributed by atoms with Crippen molar-refractivity contribution in [2.45, 2.75) is 24.5 Å². The van der Waals surface area contributed by atoms with Crippen molar-refractivity contribution in [3.05, 3.63) is 153 Å². The molecule has 2 atom stereocenters. The Morgan fingerprint density at radius 1 is 0.739 bits per heavy atom. The van der Waals surface area contributed by atoms with Crippen LogP contribution in [-0.4, -0.2) is 61.7 Å². The van der Waals surface area contributed by atoms with Crippen LogP contribution in [0.15, 0.2) is 115 Å². The van der Waals surface area contributed by atoms with Crippen LogP contribution in [0.25, 0.3) is 11.1 Å². The van der Waals surface area contributed by atoms with Gasteiger partial charge in [0.05, 0.1) is 12.2 Å². The fourth-order valence-corrected chi connectivity index (χ4v) is 8.41. The highest BCUT2D eigenvalue weighted by molar-refractivity contribution is 7.10. The first-order valence-electron chi connectivity index (χ1n) is 16.3. The van der Waals surface area contributed by atoms with Gasteiger partial charge in [-0.1, -0.05) is 91.0 Å². The molecule has 2 aliphatic heterocycles. The molecule has 232 valence electrons. The maximum Gasteiger partial charge on any atom is 0.338 e. The number of ether oxygens (including phenoxy) is 2. The van der Waals surface area contributed by atoms with Crippen LogP contribution >= 0.6 is 11.3 Å². The number of benzene rings is 4. The van der Waals surface area contributed by atoms with Gasteiger partial charge >= 0.3 is 5.97 Å². The quantitative estimate of drug-likeness (QED) is 0.165. The first kappa shape index (κ1) is 29.3. The number of carbonyl (C=O) groups is 1. The summed E-state index contributed by atoms with van der Waals surface area (Å²) in [5.41, 5.74) is 9.52. The van der Waals surface area contributed by atoms with Crippen molar-refractivity contribution in [1.82, 2.24) is 9.80 Å². The Hall–Kier alpha value is -4.07. The van der Waals surface area contributed by atoms with Crippen LogP contribution in [0.1, 0.15) is 61.0 Å². The fraction of sp³-hybridized carbons (Fsp3) is 0.275. The van der Waals surface area contributed by atoms with E-state index in [1.54, 1.807) is 0 Å². The van der Waals surface area contributed by atoms with E-state index in [4.69, 9.17) is 9.47 Å². The second kappa shape index (κ2) is 13.0. The molecule has 8 rings (SSSR count). The lowest BCUT2D eigenvalue weighted by atomic mass is 9.89. The lowest BCUT2D eigenvalue weighted by molar-refractivity contribution is 0.000579. The van der Waals surface area contributed by atoms with Crippen LogP contribution in [0.2, 0.25) is 0 Å². The number of piperazine rings is 1. The number of thiophene rings is 1. The summed E-state index contributed by atoms with van der Waals surface area (Å²) in [6, 6.07) is 37.8. The van der Waals surface area contributed by atoms with E-state index in [0.29, 0.717) is 18.1 Å². The summed E-state index contributed by atoms with van der Waals surface area (Å²) in [6.07, 6.45) is 0.145. The number of nitrogens with zero attached hydrogens (tertiary/aromatic N) is 2. The summed E-state index contributed by atoms with van der Waals surface area (Å²) in [4.78, 5) is 19.5. The molecule has 2 unspecified atom stereocenters. The monoisotopic (exact) mass is 626 g/mol. The maximum atomic E-state index is 13.0. The SMILES string of the molecule is O=C(OCC1c2ccccc2-c2ccccc21)c1ccc(CN2CCN(CC3OCC(c4ccccc4)c4ccsc43)CC2)cc1. The number of rotatable bonds is 8. The molecule has 46 heavy (non-hydrogen) atoms. The number of hydrogen-bond acceptors (Lipinski definition) is 6. The largest absolute Gasteiger partial charge is 0.461 e. The minimum absolute atomic E-state index is 0.0672. The lowest BCUT2D eigenvalue weighted by Crippen LogP contribution is -2.47. The molecule has 1 fully saturated rings. The third-order valence-electron chi connectivity index (χ3n) is 9.89. The van der Waals surface area contributed by atoms with E-state index in [1.807, 2.05) is 23.5 Å². The second-order valence-corrected chi connectivity index (χ2v) is 13.6. The van der Waals surface area contributed by atoms with E-state index in [9.17, 15) is 4.79 Å². The minimum Gasteiger partial charge on any atom is -0.461 e. The molecule has 6 heteroatoms. The van der Waals surface area contributed by atoms with Crippen molar-refractivity contribution >= 4 is 17.3 Å². The summed E-state index contributed by atoms with van der Waals surface area (Å²) in [5, 5.41) is 2.22. The van der Waals surface area contributed by atoms with E-state index in [-0.39, 0.29) is 18.0 Å². The van der Waals surface area contributed by atoms with Crippen molar-refractivity contribution in [2.75, 3.05) is 45.9 Å². The average molecular weight is 627 g/mol. The van der Waals surface area contributed by atoms with Gasteiger partial charge < -0.3 is 9.47 Å². The van der Waals surface area contributed by atoms with Gasteiger partial charge in [-0.2, -0.15) is 0 Å². The Kier molecular flexibility index (Phi) is 8.27. The van der Waals surface area contributed by atoms with Crippen molar-refractivity contribution in [1.29, 1.82) is 0 Å². The van der Waals surface area contributed by atoms with E-state index in [0.717, 1.165) is 45.9 Å². The third kappa shape index (κ3) is 5.82. The van der Waals surface area contributed by atoms with E-state index in [2.05, 4.69) is 112 Å². The molecule has 0 radical (unpaired) electrons. The molecule has 0 amide bonds. The topological polar surface area (TPSA) is 42.0 Å². The Morgan fingerprint density at radius 3 is 2.11 bits per heavy atom.